The molecule has 21 heavy (non-hydrogen) atoms. The molecule has 0 rings (SSSR count). The van der Waals surface area contributed by atoms with Crippen LogP contribution in [0.4, 0.5) is 0 Å². The van der Waals surface area contributed by atoms with Crippen LogP contribution in [0.1, 0.15) is 13.8 Å². The van der Waals surface area contributed by atoms with Gasteiger partial charge in [0, 0.05) is 56.7 Å². The Morgan fingerprint density at radius 3 is 2.29 bits per heavy atom. The third-order valence-electron chi connectivity index (χ3n) is 3.34. The van der Waals surface area contributed by atoms with Gasteiger partial charge in [-0.25, -0.2) is 0 Å². The van der Waals surface area contributed by atoms with Crippen LogP contribution in [0, 0.1) is 5.92 Å². The fourth-order valence-corrected chi connectivity index (χ4v) is 1.78. The van der Waals surface area contributed by atoms with Gasteiger partial charge in [-0.3, -0.25) is 14.6 Å². The van der Waals surface area contributed by atoms with Crippen molar-refractivity contribution in [3.63, 3.8) is 0 Å². The van der Waals surface area contributed by atoms with E-state index in [1.807, 2.05) is 14.0 Å². The number of hydrogen-bond donors (Lipinski definition) is 2. The highest BCUT2D eigenvalue weighted by Gasteiger charge is 2.19. The van der Waals surface area contributed by atoms with Crippen LogP contribution in [0.25, 0.3) is 0 Å². The third-order valence-corrected chi connectivity index (χ3v) is 3.34. The zero-order valence-corrected chi connectivity index (χ0v) is 13.7. The first-order chi connectivity index (χ1) is 9.90. The average molecular weight is 294 g/mol. The second-order valence-electron chi connectivity index (χ2n) is 4.78. The normalized spacial score (nSPS) is 15.7. The van der Waals surface area contributed by atoms with Gasteiger partial charge in [0.25, 0.3) is 0 Å². The van der Waals surface area contributed by atoms with Gasteiger partial charge in [-0.2, -0.15) is 0 Å². The van der Waals surface area contributed by atoms with Crippen molar-refractivity contribution in [2.45, 2.75) is 19.9 Å². The van der Waals surface area contributed by atoms with Crippen LogP contribution < -0.4 is 10.6 Å². The van der Waals surface area contributed by atoms with Crippen molar-refractivity contribution in [3.8, 4) is 0 Å². The number of likely N-dealkylation sites (N-methyl/N-ethyl adjacent to an activating group) is 1. The summed E-state index contributed by atoms with van der Waals surface area (Å²) in [5.41, 5.74) is 1.55. The van der Waals surface area contributed by atoms with Crippen LogP contribution in [-0.4, -0.2) is 57.2 Å². The maximum Gasteiger partial charge on any atom is 0.243 e. The number of allylic oxidation sites excluding steroid dienone is 2. The lowest BCUT2D eigenvalue weighted by Crippen LogP contribution is -2.34. The van der Waals surface area contributed by atoms with E-state index in [1.165, 1.54) is 11.0 Å². The Morgan fingerprint density at radius 2 is 1.86 bits per heavy atom. The SMILES string of the molecule is C/N=C(C(/C=C/C(=O)NC)=C/N(C)C=O)\C(C)C(C)NC. The van der Waals surface area contributed by atoms with Gasteiger partial charge < -0.3 is 15.5 Å². The number of nitrogens with one attached hydrogen (secondary N) is 2. The van der Waals surface area contributed by atoms with E-state index in [1.54, 1.807) is 33.4 Å². The molecule has 0 aliphatic rings. The van der Waals surface area contributed by atoms with Crippen molar-refractivity contribution in [2.24, 2.45) is 10.9 Å². The van der Waals surface area contributed by atoms with E-state index >= 15 is 0 Å². The lowest BCUT2D eigenvalue weighted by molar-refractivity contribution is -0.116. The number of amides is 2. The van der Waals surface area contributed by atoms with Crippen LogP contribution in [0.15, 0.2) is 28.9 Å². The molecule has 0 heterocycles. The fraction of sp³-hybridized carbons (Fsp3) is 0.533. The molecule has 0 saturated carbocycles. The number of hydrogen-bond acceptors (Lipinski definition) is 4. The maximum absolute atomic E-state index is 11.4. The van der Waals surface area contributed by atoms with Gasteiger partial charge in [0.15, 0.2) is 0 Å². The first-order valence-electron chi connectivity index (χ1n) is 6.84. The molecule has 2 N–H and O–H groups in total. The molecule has 0 saturated heterocycles. The molecule has 0 aliphatic carbocycles. The van der Waals surface area contributed by atoms with E-state index in [-0.39, 0.29) is 17.9 Å². The molecule has 0 spiro atoms. The Morgan fingerprint density at radius 1 is 1.24 bits per heavy atom. The molecule has 118 valence electrons. The highest BCUT2D eigenvalue weighted by Crippen LogP contribution is 2.14. The van der Waals surface area contributed by atoms with Gasteiger partial charge in [-0.1, -0.05) is 6.92 Å². The van der Waals surface area contributed by atoms with Crippen molar-refractivity contribution in [3.05, 3.63) is 23.9 Å². The Balaban J connectivity index is 5.55. The largest absolute Gasteiger partial charge is 0.356 e. The minimum Gasteiger partial charge on any atom is -0.356 e. The summed E-state index contributed by atoms with van der Waals surface area (Å²) in [6.07, 6.45) is 5.45. The maximum atomic E-state index is 11.4. The summed E-state index contributed by atoms with van der Waals surface area (Å²) < 4.78 is 0. The molecule has 0 fully saturated rings. The second kappa shape index (κ2) is 9.88. The lowest BCUT2D eigenvalue weighted by atomic mass is 9.92. The summed E-state index contributed by atoms with van der Waals surface area (Å²) in [5, 5.41) is 5.70. The van der Waals surface area contributed by atoms with E-state index in [2.05, 4.69) is 22.5 Å². The summed E-state index contributed by atoms with van der Waals surface area (Å²) in [4.78, 5) is 27.9. The van der Waals surface area contributed by atoms with Gasteiger partial charge in [0.2, 0.25) is 12.3 Å². The second-order valence-corrected chi connectivity index (χ2v) is 4.78. The summed E-state index contributed by atoms with van der Waals surface area (Å²) in [6, 6.07) is 0.210. The molecule has 0 bridgehead atoms. The molecular formula is C15H26N4O2. The first kappa shape index (κ1) is 19.1. The fourth-order valence-electron chi connectivity index (χ4n) is 1.78. The average Bonchev–Trinajstić information content (AvgIpc) is 2.51. The van der Waals surface area contributed by atoms with Crippen molar-refractivity contribution < 1.29 is 9.59 Å². The highest BCUT2D eigenvalue weighted by molar-refractivity contribution is 6.05. The van der Waals surface area contributed by atoms with Gasteiger partial charge in [-0.05, 0) is 20.0 Å². The molecule has 0 aliphatic heterocycles. The molecule has 2 unspecified atom stereocenters. The van der Waals surface area contributed by atoms with Crippen molar-refractivity contribution in [1.29, 1.82) is 0 Å². The number of carbonyl (C=O) groups is 2. The van der Waals surface area contributed by atoms with Gasteiger partial charge in [0.1, 0.15) is 0 Å². The lowest BCUT2D eigenvalue weighted by Gasteiger charge is -2.22. The molecule has 6 nitrogen and oxygen atoms in total. The monoisotopic (exact) mass is 294 g/mol. The predicted molar refractivity (Wildman–Crippen MR) is 86.2 cm³/mol. The number of rotatable bonds is 8. The molecule has 0 aromatic heterocycles. The highest BCUT2D eigenvalue weighted by atomic mass is 16.1. The Kier molecular flexibility index (Phi) is 8.96. The Hall–Kier alpha value is -1.95. The number of carbonyl (C=O) groups excluding carboxylic acids is 2. The smallest absolute Gasteiger partial charge is 0.243 e. The van der Waals surface area contributed by atoms with Crippen LogP contribution in [0.5, 0.6) is 0 Å². The minimum atomic E-state index is -0.209. The van der Waals surface area contributed by atoms with Crippen LogP contribution in [-0.2, 0) is 9.59 Å². The van der Waals surface area contributed by atoms with E-state index in [9.17, 15) is 9.59 Å². The predicted octanol–water partition coefficient (Wildman–Crippen LogP) is 0.576. The summed E-state index contributed by atoms with van der Waals surface area (Å²) in [7, 11) is 6.79. The zero-order chi connectivity index (χ0) is 16.4. The topological polar surface area (TPSA) is 73.8 Å². The third kappa shape index (κ3) is 6.35. The van der Waals surface area contributed by atoms with Crippen LogP contribution >= 0.6 is 0 Å². The number of aliphatic imine (C=N–C) groups is 1. The van der Waals surface area contributed by atoms with Gasteiger partial charge >= 0.3 is 0 Å². The van der Waals surface area contributed by atoms with E-state index < -0.39 is 0 Å². The zero-order valence-electron chi connectivity index (χ0n) is 13.7. The van der Waals surface area contributed by atoms with Crippen molar-refractivity contribution >= 4 is 18.0 Å². The standard InChI is InChI=1S/C15H26N4O2/c1-11(12(2)16-3)15(18-5)13(9-19(6)10-20)7-8-14(21)17-4/h7-12,16H,1-6H3,(H,17,21)/b8-7+,13-9+,18-15+. The summed E-state index contributed by atoms with van der Waals surface area (Å²) in [6.45, 7) is 4.10. The van der Waals surface area contributed by atoms with E-state index in [4.69, 9.17) is 0 Å². The van der Waals surface area contributed by atoms with Crippen LogP contribution in [0.3, 0.4) is 0 Å². The van der Waals surface area contributed by atoms with Crippen LogP contribution in [0.2, 0.25) is 0 Å². The summed E-state index contributed by atoms with van der Waals surface area (Å²) in [5.74, 6) is -0.0833. The number of nitrogens with zero attached hydrogens (tertiary/aromatic N) is 2. The molecule has 0 aromatic carbocycles. The minimum absolute atomic E-state index is 0.126. The Labute approximate surface area is 127 Å². The van der Waals surface area contributed by atoms with E-state index in [0.29, 0.717) is 6.41 Å². The van der Waals surface area contributed by atoms with Gasteiger partial charge in [-0.15, -0.1) is 0 Å². The molecule has 2 atom stereocenters. The summed E-state index contributed by atoms with van der Waals surface area (Å²) >= 11 is 0. The van der Waals surface area contributed by atoms with Crippen molar-refractivity contribution in [1.82, 2.24) is 15.5 Å². The quantitative estimate of drug-likeness (QED) is 0.297. The first-order valence-corrected chi connectivity index (χ1v) is 6.84. The molecular weight excluding hydrogens is 268 g/mol. The molecule has 0 radical (unpaired) electrons. The van der Waals surface area contributed by atoms with E-state index in [0.717, 1.165) is 11.3 Å². The Bertz CT molecular complexity index is 441. The van der Waals surface area contributed by atoms with Crippen molar-refractivity contribution in [2.75, 3.05) is 28.2 Å². The molecule has 2 amide bonds. The van der Waals surface area contributed by atoms with Gasteiger partial charge in [0.05, 0.1) is 0 Å². The molecule has 6 heteroatoms. The molecule has 0 aromatic rings.